The molecular weight excluding hydrogens is 252 g/mol. The molecule has 0 bridgehead atoms. The lowest BCUT2D eigenvalue weighted by molar-refractivity contribution is 0.0566. The number of halogens is 1. The SMILES string of the molecule is CCCn1cc(Cl)cc1C(=O)N1CCC(C)(O)C1. The average Bonchev–Trinajstić information content (AvgIpc) is 2.81. The molecule has 0 aromatic carbocycles. The lowest BCUT2D eigenvalue weighted by Crippen LogP contribution is -2.34. The van der Waals surface area contributed by atoms with Gasteiger partial charge in [0.15, 0.2) is 0 Å². The average molecular weight is 271 g/mol. The van der Waals surface area contributed by atoms with Crippen LogP contribution in [0.2, 0.25) is 5.02 Å². The summed E-state index contributed by atoms with van der Waals surface area (Å²) in [7, 11) is 0. The van der Waals surface area contributed by atoms with E-state index in [1.165, 1.54) is 0 Å². The molecule has 0 saturated carbocycles. The van der Waals surface area contributed by atoms with Crippen molar-refractivity contribution in [1.82, 2.24) is 9.47 Å². The van der Waals surface area contributed by atoms with E-state index in [9.17, 15) is 9.90 Å². The number of likely N-dealkylation sites (tertiary alicyclic amines) is 1. The number of β-amino-alcohol motifs (C(OH)–C–C–N with tert-alkyl or cyclic N) is 1. The molecule has 1 unspecified atom stereocenters. The van der Waals surface area contributed by atoms with Gasteiger partial charge in [0, 0.05) is 25.8 Å². The first-order valence-electron chi connectivity index (χ1n) is 6.30. The molecule has 1 aliphatic rings. The van der Waals surface area contributed by atoms with Crippen molar-refractivity contribution in [2.75, 3.05) is 13.1 Å². The van der Waals surface area contributed by atoms with Crippen molar-refractivity contribution in [2.24, 2.45) is 0 Å². The Hall–Kier alpha value is -1.00. The Morgan fingerprint density at radius 1 is 1.61 bits per heavy atom. The van der Waals surface area contributed by atoms with E-state index in [1.54, 1.807) is 24.1 Å². The highest BCUT2D eigenvalue weighted by molar-refractivity contribution is 6.31. The van der Waals surface area contributed by atoms with Gasteiger partial charge in [-0.1, -0.05) is 18.5 Å². The molecular formula is C13H19ClN2O2. The number of rotatable bonds is 3. The highest BCUT2D eigenvalue weighted by Gasteiger charge is 2.35. The van der Waals surface area contributed by atoms with Gasteiger partial charge in [0.05, 0.1) is 10.6 Å². The third-order valence-electron chi connectivity index (χ3n) is 3.29. The van der Waals surface area contributed by atoms with Crippen molar-refractivity contribution in [3.8, 4) is 0 Å². The second-order valence-electron chi connectivity index (χ2n) is 5.21. The van der Waals surface area contributed by atoms with E-state index < -0.39 is 5.60 Å². The minimum absolute atomic E-state index is 0.0480. The highest BCUT2D eigenvalue weighted by Crippen LogP contribution is 2.24. The third-order valence-corrected chi connectivity index (χ3v) is 3.49. The lowest BCUT2D eigenvalue weighted by Gasteiger charge is -2.19. The van der Waals surface area contributed by atoms with Crippen molar-refractivity contribution < 1.29 is 9.90 Å². The van der Waals surface area contributed by atoms with Crippen molar-refractivity contribution >= 4 is 17.5 Å². The number of amides is 1. The second-order valence-corrected chi connectivity index (χ2v) is 5.65. The molecule has 1 atom stereocenters. The molecule has 1 fully saturated rings. The molecule has 1 amide bonds. The van der Waals surface area contributed by atoms with Gasteiger partial charge in [-0.05, 0) is 25.8 Å². The number of aryl methyl sites for hydroxylation is 1. The number of nitrogens with zero attached hydrogens (tertiary/aromatic N) is 2. The van der Waals surface area contributed by atoms with Crippen LogP contribution in [0.25, 0.3) is 0 Å². The molecule has 1 aromatic rings. The molecule has 0 radical (unpaired) electrons. The van der Waals surface area contributed by atoms with Crippen molar-refractivity contribution in [3.63, 3.8) is 0 Å². The summed E-state index contributed by atoms with van der Waals surface area (Å²) in [6.07, 6.45) is 3.36. The zero-order valence-electron chi connectivity index (χ0n) is 10.8. The topological polar surface area (TPSA) is 45.5 Å². The van der Waals surface area contributed by atoms with Gasteiger partial charge in [-0.25, -0.2) is 0 Å². The van der Waals surface area contributed by atoms with Crippen molar-refractivity contribution in [2.45, 2.75) is 38.8 Å². The van der Waals surface area contributed by atoms with Crippen LogP contribution in [0.5, 0.6) is 0 Å². The van der Waals surface area contributed by atoms with Gasteiger partial charge in [0.1, 0.15) is 5.69 Å². The Morgan fingerprint density at radius 3 is 2.89 bits per heavy atom. The summed E-state index contributed by atoms with van der Waals surface area (Å²) in [4.78, 5) is 14.1. The van der Waals surface area contributed by atoms with Gasteiger partial charge in [0.2, 0.25) is 0 Å². The maximum absolute atomic E-state index is 12.4. The quantitative estimate of drug-likeness (QED) is 0.915. The molecule has 0 spiro atoms. The fourth-order valence-electron chi connectivity index (χ4n) is 2.36. The number of hydrogen-bond donors (Lipinski definition) is 1. The number of hydrogen-bond acceptors (Lipinski definition) is 2. The Morgan fingerprint density at radius 2 is 2.33 bits per heavy atom. The van der Waals surface area contributed by atoms with Gasteiger partial charge in [-0.15, -0.1) is 0 Å². The fourth-order valence-corrected chi connectivity index (χ4v) is 2.58. The van der Waals surface area contributed by atoms with Crippen molar-refractivity contribution in [3.05, 3.63) is 23.0 Å². The first kappa shape index (κ1) is 13.4. The van der Waals surface area contributed by atoms with Gasteiger partial charge < -0.3 is 14.6 Å². The van der Waals surface area contributed by atoms with Gasteiger partial charge in [-0.3, -0.25) is 4.79 Å². The third kappa shape index (κ3) is 2.70. The Labute approximate surface area is 112 Å². The van der Waals surface area contributed by atoms with Crippen LogP contribution in [0.3, 0.4) is 0 Å². The summed E-state index contributed by atoms with van der Waals surface area (Å²) in [6.45, 7) is 5.58. The largest absolute Gasteiger partial charge is 0.388 e. The summed E-state index contributed by atoms with van der Waals surface area (Å²) >= 11 is 5.97. The molecule has 100 valence electrons. The maximum Gasteiger partial charge on any atom is 0.270 e. The molecule has 1 saturated heterocycles. The standard InChI is InChI=1S/C13H19ClN2O2/c1-3-5-15-8-10(14)7-11(15)12(17)16-6-4-13(2,18)9-16/h7-8,18H,3-6,9H2,1-2H3. The monoisotopic (exact) mass is 270 g/mol. The van der Waals surface area contributed by atoms with E-state index in [2.05, 4.69) is 6.92 Å². The van der Waals surface area contributed by atoms with Crippen LogP contribution in [0.15, 0.2) is 12.3 Å². The minimum atomic E-state index is -0.762. The molecule has 2 heterocycles. The van der Waals surface area contributed by atoms with Gasteiger partial charge >= 0.3 is 0 Å². The zero-order valence-corrected chi connectivity index (χ0v) is 11.6. The second kappa shape index (κ2) is 4.94. The Bertz CT molecular complexity index is 454. The van der Waals surface area contributed by atoms with E-state index in [0.29, 0.717) is 30.2 Å². The fraction of sp³-hybridized carbons (Fsp3) is 0.615. The van der Waals surface area contributed by atoms with E-state index in [1.807, 2.05) is 4.57 Å². The number of aliphatic hydroxyl groups is 1. The summed E-state index contributed by atoms with van der Waals surface area (Å²) in [5.74, 6) is -0.0480. The van der Waals surface area contributed by atoms with E-state index in [0.717, 1.165) is 13.0 Å². The maximum atomic E-state index is 12.4. The number of carbonyl (C=O) groups is 1. The summed E-state index contributed by atoms with van der Waals surface area (Å²) in [6, 6.07) is 1.70. The summed E-state index contributed by atoms with van der Waals surface area (Å²) < 4.78 is 1.89. The van der Waals surface area contributed by atoms with Crippen LogP contribution < -0.4 is 0 Å². The number of carbonyl (C=O) groups excluding carboxylic acids is 1. The van der Waals surface area contributed by atoms with Gasteiger partial charge in [0.25, 0.3) is 5.91 Å². The summed E-state index contributed by atoms with van der Waals surface area (Å²) in [5.41, 5.74) is -0.152. The van der Waals surface area contributed by atoms with E-state index in [-0.39, 0.29) is 5.91 Å². The van der Waals surface area contributed by atoms with Crippen LogP contribution in [0.4, 0.5) is 0 Å². The molecule has 0 aliphatic carbocycles. The van der Waals surface area contributed by atoms with Crippen molar-refractivity contribution in [1.29, 1.82) is 0 Å². The zero-order chi connectivity index (χ0) is 13.3. The van der Waals surface area contributed by atoms with E-state index >= 15 is 0 Å². The first-order valence-corrected chi connectivity index (χ1v) is 6.68. The smallest absolute Gasteiger partial charge is 0.270 e. The van der Waals surface area contributed by atoms with Crippen LogP contribution in [-0.2, 0) is 6.54 Å². The van der Waals surface area contributed by atoms with E-state index in [4.69, 9.17) is 11.6 Å². The molecule has 18 heavy (non-hydrogen) atoms. The van der Waals surface area contributed by atoms with Crippen LogP contribution in [0.1, 0.15) is 37.2 Å². The molecule has 1 N–H and O–H groups in total. The molecule has 1 aromatic heterocycles. The number of aromatic nitrogens is 1. The van der Waals surface area contributed by atoms with Crippen LogP contribution >= 0.6 is 11.6 Å². The summed E-state index contributed by atoms with van der Waals surface area (Å²) in [5, 5.41) is 10.5. The van der Waals surface area contributed by atoms with Crippen LogP contribution in [-0.4, -0.2) is 39.2 Å². The predicted molar refractivity (Wildman–Crippen MR) is 70.9 cm³/mol. The first-order chi connectivity index (χ1) is 8.43. The normalized spacial score (nSPS) is 23.7. The Balaban J connectivity index is 2.18. The van der Waals surface area contributed by atoms with Crippen LogP contribution in [0, 0.1) is 0 Å². The minimum Gasteiger partial charge on any atom is -0.388 e. The Kier molecular flexibility index (Phi) is 3.69. The highest BCUT2D eigenvalue weighted by atomic mass is 35.5. The van der Waals surface area contributed by atoms with Gasteiger partial charge in [-0.2, -0.15) is 0 Å². The molecule has 2 rings (SSSR count). The molecule has 5 heteroatoms. The molecule has 4 nitrogen and oxygen atoms in total. The molecule has 1 aliphatic heterocycles. The predicted octanol–water partition coefficient (Wildman–Crippen LogP) is 2.15. The lowest BCUT2D eigenvalue weighted by atomic mass is 10.1.